The maximum Gasteiger partial charge on any atom is 0.347 e. The van der Waals surface area contributed by atoms with Gasteiger partial charge in [-0.2, -0.15) is 5.26 Å². The standard InChI is InChI=1S/C5H5NO2.C4H10O2/c1-4(3-6)5(7)8-2;1-2-6-4-3-5/h1H2,2H3;5H,2-4H2,1H3. The molecule has 0 aliphatic carbocycles. The highest BCUT2D eigenvalue weighted by Gasteiger charge is 2.01. The zero-order valence-corrected chi connectivity index (χ0v) is 8.45. The third-order valence-electron chi connectivity index (χ3n) is 1.01. The number of esters is 1. The van der Waals surface area contributed by atoms with Crippen LogP contribution in [0, 0.1) is 11.3 Å². The average molecular weight is 201 g/mol. The van der Waals surface area contributed by atoms with Gasteiger partial charge in [0.25, 0.3) is 0 Å². The van der Waals surface area contributed by atoms with Crippen molar-refractivity contribution < 1.29 is 19.4 Å². The van der Waals surface area contributed by atoms with Crippen LogP contribution in [0.5, 0.6) is 0 Å². The SMILES string of the molecule is C=C(C#N)C(=O)OC.CCOCCO. The zero-order chi connectivity index (χ0) is 11.4. The van der Waals surface area contributed by atoms with Crippen LogP contribution < -0.4 is 0 Å². The molecular weight excluding hydrogens is 186 g/mol. The second-order valence-corrected chi connectivity index (χ2v) is 2.00. The lowest BCUT2D eigenvalue weighted by Gasteiger charge is -1.91. The Bertz CT molecular complexity index is 203. The largest absolute Gasteiger partial charge is 0.465 e. The number of carbonyl (C=O) groups excluding carboxylic acids is 1. The van der Waals surface area contributed by atoms with Gasteiger partial charge >= 0.3 is 5.97 Å². The van der Waals surface area contributed by atoms with E-state index in [0.29, 0.717) is 13.2 Å². The van der Waals surface area contributed by atoms with Gasteiger partial charge in [-0.3, -0.25) is 0 Å². The van der Waals surface area contributed by atoms with E-state index in [9.17, 15) is 4.79 Å². The zero-order valence-electron chi connectivity index (χ0n) is 8.45. The van der Waals surface area contributed by atoms with Crippen molar-refractivity contribution in [3.63, 3.8) is 0 Å². The van der Waals surface area contributed by atoms with Crippen LogP contribution in [0.2, 0.25) is 0 Å². The van der Waals surface area contributed by atoms with E-state index in [1.807, 2.05) is 6.92 Å². The summed E-state index contributed by atoms with van der Waals surface area (Å²) in [6, 6.07) is 1.55. The van der Waals surface area contributed by atoms with E-state index in [1.165, 1.54) is 7.11 Å². The molecule has 0 aliphatic rings. The predicted molar refractivity (Wildman–Crippen MR) is 50.3 cm³/mol. The number of ether oxygens (including phenoxy) is 2. The minimum absolute atomic E-state index is 0.133. The van der Waals surface area contributed by atoms with Gasteiger partial charge in [-0.25, -0.2) is 4.79 Å². The van der Waals surface area contributed by atoms with Crippen molar-refractivity contribution in [3.8, 4) is 6.07 Å². The van der Waals surface area contributed by atoms with Crippen LogP contribution in [0.4, 0.5) is 0 Å². The van der Waals surface area contributed by atoms with E-state index >= 15 is 0 Å². The molecule has 5 heteroatoms. The minimum Gasteiger partial charge on any atom is -0.465 e. The number of hydrogen-bond donors (Lipinski definition) is 1. The molecule has 5 nitrogen and oxygen atoms in total. The average Bonchev–Trinajstić information content (AvgIpc) is 2.24. The molecule has 0 bridgehead atoms. The maximum atomic E-state index is 10.2. The molecular formula is C9H15NO4. The van der Waals surface area contributed by atoms with E-state index < -0.39 is 5.97 Å². The molecule has 0 spiro atoms. The van der Waals surface area contributed by atoms with Gasteiger partial charge in [0, 0.05) is 6.61 Å². The number of nitriles is 1. The number of hydrogen-bond acceptors (Lipinski definition) is 5. The molecule has 1 N–H and O–H groups in total. The molecule has 0 rings (SSSR count). The van der Waals surface area contributed by atoms with Crippen LogP contribution in [0.1, 0.15) is 6.92 Å². The van der Waals surface area contributed by atoms with E-state index in [-0.39, 0.29) is 12.2 Å². The first-order chi connectivity index (χ1) is 6.63. The molecule has 0 atom stereocenters. The Balaban J connectivity index is 0. The van der Waals surface area contributed by atoms with Crippen molar-refractivity contribution in [2.45, 2.75) is 6.92 Å². The van der Waals surface area contributed by atoms with Crippen molar-refractivity contribution in [1.82, 2.24) is 0 Å². The Morgan fingerprint density at radius 3 is 2.36 bits per heavy atom. The topological polar surface area (TPSA) is 79.6 Å². The van der Waals surface area contributed by atoms with Crippen molar-refractivity contribution in [3.05, 3.63) is 12.2 Å². The quantitative estimate of drug-likeness (QED) is 0.305. The maximum absolute atomic E-state index is 10.2. The van der Waals surface area contributed by atoms with Gasteiger partial charge in [-0.15, -0.1) is 0 Å². The van der Waals surface area contributed by atoms with Crippen LogP contribution in [0.15, 0.2) is 12.2 Å². The van der Waals surface area contributed by atoms with Gasteiger partial charge in [0.1, 0.15) is 11.6 Å². The van der Waals surface area contributed by atoms with E-state index in [1.54, 1.807) is 6.07 Å². The second-order valence-electron chi connectivity index (χ2n) is 2.00. The Kier molecular flexibility index (Phi) is 12.5. The molecule has 0 aromatic rings. The first-order valence-electron chi connectivity index (χ1n) is 3.99. The Morgan fingerprint density at radius 1 is 1.64 bits per heavy atom. The summed E-state index contributed by atoms with van der Waals surface area (Å²) < 4.78 is 8.87. The summed E-state index contributed by atoms with van der Waals surface area (Å²) in [5.74, 6) is -0.674. The first-order valence-corrected chi connectivity index (χ1v) is 3.99. The summed E-state index contributed by atoms with van der Waals surface area (Å²) in [7, 11) is 1.20. The molecule has 0 aliphatic heterocycles. The third-order valence-corrected chi connectivity index (χ3v) is 1.01. The van der Waals surface area contributed by atoms with Crippen LogP contribution in [-0.4, -0.2) is 38.0 Å². The van der Waals surface area contributed by atoms with Gasteiger partial charge in [-0.05, 0) is 6.92 Å². The molecule has 14 heavy (non-hydrogen) atoms. The summed E-state index contributed by atoms with van der Waals surface area (Å²) in [6.07, 6.45) is 0. The summed E-state index contributed by atoms with van der Waals surface area (Å²) in [5, 5.41) is 16.1. The van der Waals surface area contributed by atoms with Gasteiger partial charge < -0.3 is 14.6 Å². The number of methoxy groups -OCH3 is 1. The number of rotatable bonds is 4. The number of aliphatic hydroxyl groups excluding tert-OH is 1. The van der Waals surface area contributed by atoms with Crippen molar-refractivity contribution >= 4 is 5.97 Å². The van der Waals surface area contributed by atoms with Gasteiger partial charge in [-0.1, -0.05) is 6.58 Å². The van der Waals surface area contributed by atoms with Crippen LogP contribution in [0.3, 0.4) is 0 Å². The van der Waals surface area contributed by atoms with Gasteiger partial charge in [0.15, 0.2) is 0 Å². The molecule has 0 fully saturated rings. The van der Waals surface area contributed by atoms with E-state index in [4.69, 9.17) is 15.1 Å². The normalized spacial score (nSPS) is 7.86. The van der Waals surface area contributed by atoms with E-state index in [2.05, 4.69) is 11.3 Å². The number of nitrogens with zero attached hydrogens (tertiary/aromatic N) is 1. The lowest BCUT2D eigenvalue weighted by Crippen LogP contribution is -2.00. The lowest BCUT2D eigenvalue weighted by atomic mass is 10.3. The highest BCUT2D eigenvalue weighted by molar-refractivity contribution is 5.91. The van der Waals surface area contributed by atoms with Gasteiger partial charge in [0.05, 0.1) is 20.3 Å². The summed E-state index contributed by atoms with van der Waals surface area (Å²) >= 11 is 0. The molecule has 0 aromatic heterocycles. The summed E-state index contributed by atoms with van der Waals surface area (Å²) in [6.45, 7) is 6.30. The fraction of sp³-hybridized carbons (Fsp3) is 0.556. The van der Waals surface area contributed by atoms with Crippen molar-refractivity contribution in [2.75, 3.05) is 26.9 Å². The number of aliphatic hydroxyl groups is 1. The second kappa shape index (κ2) is 11.6. The molecule has 0 saturated heterocycles. The smallest absolute Gasteiger partial charge is 0.347 e. The monoisotopic (exact) mass is 201 g/mol. The molecule has 0 heterocycles. The van der Waals surface area contributed by atoms with Crippen LogP contribution in [-0.2, 0) is 14.3 Å². The molecule has 80 valence electrons. The fourth-order valence-corrected chi connectivity index (χ4v) is 0.378. The Hall–Kier alpha value is -1.38. The highest BCUT2D eigenvalue weighted by Crippen LogP contribution is 1.87. The molecule has 0 unspecified atom stereocenters. The predicted octanol–water partition coefficient (Wildman–Crippen LogP) is 0.254. The summed E-state index contributed by atoms with van der Waals surface area (Å²) in [5.41, 5.74) is -0.174. The molecule has 0 aromatic carbocycles. The first kappa shape index (κ1) is 15.1. The Morgan fingerprint density at radius 2 is 2.21 bits per heavy atom. The summed E-state index contributed by atoms with van der Waals surface area (Å²) in [4.78, 5) is 10.2. The highest BCUT2D eigenvalue weighted by atomic mass is 16.5. The minimum atomic E-state index is -0.674. The molecule has 0 radical (unpaired) electrons. The Labute approximate surface area is 83.6 Å². The van der Waals surface area contributed by atoms with Gasteiger partial charge in [0.2, 0.25) is 0 Å². The lowest BCUT2D eigenvalue weighted by molar-refractivity contribution is -0.135. The number of carbonyl (C=O) groups is 1. The van der Waals surface area contributed by atoms with Crippen molar-refractivity contribution in [1.29, 1.82) is 5.26 Å². The fourth-order valence-electron chi connectivity index (χ4n) is 0.378. The molecule has 0 amide bonds. The van der Waals surface area contributed by atoms with Crippen molar-refractivity contribution in [2.24, 2.45) is 0 Å². The van der Waals surface area contributed by atoms with E-state index in [0.717, 1.165) is 0 Å². The van der Waals surface area contributed by atoms with Crippen LogP contribution in [0.25, 0.3) is 0 Å². The molecule has 0 saturated carbocycles. The third kappa shape index (κ3) is 10.6. The van der Waals surface area contributed by atoms with Crippen LogP contribution >= 0.6 is 0 Å².